The standard InChI is InChI=1S/C19H24N4/c1-14-7-8-16(12-15(14)2)19(9-5-10-19)13-22-18(20)23-17-6-3-4-11-21-17/h3-4,6-8,11-12H,5,9-10,13H2,1-2H3,(H3,20,21,22,23). The van der Waals surface area contributed by atoms with Gasteiger partial charge < -0.3 is 11.1 Å². The second-order valence-electron chi connectivity index (χ2n) is 6.47. The third-order valence-electron chi connectivity index (χ3n) is 4.90. The Balaban J connectivity index is 1.73. The van der Waals surface area contributed by atoms with Crippen LogP contribution >= 0.6 is 0 Å². The summed E-state index contributed by atoms with van der Waals surface area (Å²) in [6.07, 6.45) is 5.35. The van der Waals surface area contributed by atoms with Crippen LogP contribution in [0.4, 0.5) is 5.82 Å². The van der Waals surface area contributed by atoms with Gasteiger partial charge in [-0.2, -0.15) is 0 Å². The van der Waals surface area contributed by atoms with Gasteiger partial charge >= 0.3 is 0 Å². The van der Waals surface area contributed by atoms with Gasteiger partial charge in [-0.1, -0.05) is 30.7 Å². The molecule has 23 heavy (non-hydrogen) atoms. The Morgan fingerprint density at radius 1 is 1.22 bits per heavy atom. The highest BCUT2D eigenvalue weighted by molar-refractivity contribution is 5.91. The lowest BCUT2D eigenvalue weighted by Gasteiger charge is -2.41. The van der Waals surface area contributed by atoms with Gasteiger partial charge in [0, 0.05) is 11.6 Å². The summed E-state index contributed by atoms with van der Waals surface area (Å²) >= 11 is 0. The predicted molar refractivity (Wildman–Crippen MR) is 95.8 cm³/mol. The smallest absolute Gasteiger partial charge is 0.194 e. The Hall–Kier alpha value is -2.36. The molecular formula is C19H24N4. The molecule has 4 nitrogen and oxygen atoms in total. The molecule has 4 heteroatoms. The number of nitrogens with zero attached hydrogens (tertiary/aromatic N) is 2. The van der Waals surface area contributed by atoms with Crippen molar-refractivity contribution in [1.29, 1.82) is 0 Å². The van der Waals surface area contributed by atoms with E-state index in [2.05, 4.69) is 47.3 Å². The number of benzene rings is 1. The Morgan fingerprint density at radius 2 is 2.04 bits per heavy atom. The third kappa shape index (κ3) is 3.36. The van der Waals surface area contributed by atoms with Crippen LogP contribution in [0.3, 0.4) is 0 Å². The molecule has 2 aromatic rings. The maximum atomic E-state index is 6.02. The summed E-state index contributed by atoms with van der Waals surface area (Å²) in [5.41, 5.74) is 10.2. The lowest BCUT2D eigenvalue weighted by atomic mass is 9.64. The number of aromatic nitrogens is 1. The van der Waals surface area contributed by atoms with Gasteiger partial charge in [-0.15, -0.1) is 0 Å². The molecule has 1 aromatic carbocycles. The predicted octanol–water partition coefficient (Wildman–Crippen LogP) is 3.55. The largest absolute Gasteiger partial charge is 0.370 e. The molecule has 3 N–H and O–H groups in total. The van der Waals surface area contributed by atoms with E-state index in [1.165, 1.54) is 36.0 Å². The van der Waals surface area contributed by atoms with Crippen LogP contribution in [0.25, 0.3) is 0 Å². The SMILES string of the molecule is Cc1ccc(C2(CN=C(N)Nc3ccccn3)CCC2)cc1C. The number of hydrogen-bond acceptors (Lipinski definition) is 2. The third-order valence-corrected chi connectivity index (χ3v) is 4.90. The number of rotatable bonds is 4. The van der Waals surface area contributed by atoms with Crippen LogP contribution in [0.5, 0.6) is 0 Å². The molecule has 0 saturated heterocycles. The van der Waals surface area contributed by atoms with E-state index in [9.17, 15) is 0 Å². The molecule has 0 atom stereocenters. The fourth-order valence-corrected chi connectivity index (χ4v) is 3.06. The maximum Gasteiger partial charge on any atom is 0.194 e. The molecule has 1 aliphatic rings. The summed E-state index contributed by atoms with van der Waals surface area (Å²) in [7, 11) is 0. The van der Waals surface area contributed by atoms with Crippen molar-refractivity contribution in [2.75, 3.05) is 11.9 Å². The molecule has 120 valence electrons. The molecule has 0 radical (unpaired) electrons. The van der Waals surface area contributed by atoms with Crippen LogP contribution in [0.2, 0.25) is 0 Å². The van der Waals surface area contributed by atoms with E-state index < -0.39 is 0 Å². The summed E-state index contributed by atoms with van der Waals surface area (Å²) in [5.74, 6) is 1.15. The normalized spacial score (nSPS) is 16.7. The lowest BCUT2D eigenvalue weighted by Crippen LogP contribution is -2.38. The van der Waals surface area contributed by atoms with Crippen LogP contribution in [-0.4, -0.2) is 17.5 Å². The van der Waals surface area contributed by atoms with Gasteiger partial charge in [-0.25, -0.2) is 4.98 Å². The van der Waals surface area contributed by atoms with Crippen molar-refractivity contribution in [2.24, 2.45) is 10.7 Å². The Kier molecular flexibility index (Phi) is 4.33. The van der Waals surface area contributed by atoms with Gasteiger partial charge in [0.1, 0.15) is 5.82 Å². The molecule has 3 rings (SSSR count). The van der Waals surface area contributed by atoms with Crippen molar-refractivity contribution in [3.8, 4) is 0 Å². The fraction of sp³-hybridized carbons (Fsp3) is 0.368. The van der Waals surface area contributed by atoms with Crippen LogP contribution in [0, 0.1) is 13.8 Å². The molecule has 1 saturated carbocycles. The number of pyridine rings is 1. The zero-order chi connectivity index (χ0) is 16.3. The quantitative estimate of drug-likeness (QED) is 0.670. The monoisotopic (exact) mass is 308 g/mol. The summed E-state index contributed by atoms with van der Waals surface area (Å²) in [4.78, 5) is 8.79. The summed E-state index contributed by atoms with van der Waals surface area (Å²) in [5, 5.41) is 3.05. The zero-order valence-electron chi connectivity index (χ0n) is 13.8. The first-order valence-electron chi connectivity index (χ1n) is 8.15. The molecule has 0 bridgehead atoms. The number of aryl methyl sites for hydroxylation is 2. The Bertz CT molecular complexity index is 703. The molecule has 1 fully saturated rings. The van der Waals surface area contributed by atoms with Gasteiger partial charge in [-0.05, 0) is 55.5 Å². The average molecular weight is 308 g/mol. The van der Waals surface area contributed by atoms with Crippen LogP contribution in [0.1, 0.15) is 36.0 Å². The molecule has 1 heterocycles. The first-order chi connectivity index (χ1) is 11.1. The lowest BCUT2D eigenvalue weighted by molar-refractivity contribution is 0.253. The van der Waals surface area contributed by atoms with Crippen molar-refractivity contribution in [2.45, 2.75) is 38.5 Å². The molecule has 0 amide bonds. The number of nitrogens with two attached hydrogens (primary N) is 1. The number of anilines is 1. The summed E-state index contributed by atoms with van der Waals surface area (Å²) in [6.45, 7) is 5.05. The van der Waals surface area contributed by atoms with Gasteiger partial charge in [-0.3, -0.25) is 4.99 Å². The van der Waals surface area contributed by atoms with E-state index in [1.807, 2.05) is 18.2 Å². The Labute approximate surface area is 137 Å². The highest BCUT2D eigenvalue weighted by Crippen LogP contribution is 2.44. The Morgan fingerprint density at radius 3 is 2.65 bits per heavy atom. The highest BCUT2D eigenvalue weighted by atomic mass is 15.1. The zero-order valence-corrected chi connectivity index (χ0v) is 13.8. The fourth-order valence-electron chi connectivity index (χ4n) is 3.06. The molecule has 0 spiro atoms. The molecule has 1 aromatic heterocycles. The molecular weight excluding hydrogens is 284 g/mol. The first-order valence-corrected chi connectivity index (χ1v) is 8.15. The minimum absolute atomic E-state index is 0.148. The number of nitrogens with one attached hydrogen (secondary N) is 1. The second-order valence-corrected chi connectivity index (χ2v) is 6.47. The summed E-state index contributed by atoms with van der Waals surface area (Å²) < 4.78 is 0. The van der Waals surface area contributed by atoms with E-state index in [1.54, 1.807) is 6.20 Å². The van der Waals surface area contributed by atoms with Crippen molar-refractivity contribution in [3.05, 3.63) is 59.3 Å². The number of aliphatic imine (C=N–C) groups is 1. The van der Waals surface area contributed by atoms with E-state index in [0.29, 0.717) is 5.96 Å². The van der Waals surface area contributed by atoms with Crippen LogP contribution in [-0.2, 0) is 5.41 Å². The minimum atomic E-state index is 0.148. The van der Waals surface area contributed by atoms with Gasteiger partial charge in [0.2, 0.25) is 0 Å². The van der Waals surface area contributed by atoms with Crippen molar-refractivity contribution < 1.29 is 0 Å². The number of guanidine groups is 1. The summed E-state index contributed by atoms with van der Waals surface area (Å²) in [6, 6.07) is 12.5. The van der Waals surface area contributed by atoms with Crippen LogP contribution < -0.4 is 11.1 Å². The molecule has 0 aliphatic heterocycles. The van der Waals surface area contributed by atoms with Gasteiger partial charge in [0.15, 0.2) is 5.96 Å². The van der Waals surface area contributed by atoms with Crippen molar-refractivity contribution in [3.63, 3.8) is 0 Å². The molecule has 1 aliphatic carbocycles. The van der Waals surface area contributed by atoms with Crippen molar-refractivity contribution in [1.82, 2.24) is 4.98 Å². The topological polar surface area (TPSA) is 63.3 Å². The second kappa shape index (κ2) is 6.41. The number of hydrogen-bond donors (Lipinski definition) is 2. The van der Waals surface area contributed by atoms with E-state index >= 15 is 0 Å². The van der Waals surface area contributed by atoms with E-state index in [4.69, 9.17) is 5.73 Å². The van der Waals surface area contributed by atoms with Gasteiger partial charge in [0.25, 0.3) is 0 Å². The van der Waals surface area contributed by atoms with E-state index in [0.717, 1.165) is 12.4 Å². The highest BCUT2D eigenvalue weighted by Gasteiger charge is 2.38. The minimum Gasteiger partial charge on any atom is -0.370 e. The van der Waals surface area contributed by atoms with Crippen molar-refractivity contribution >= 4 is 11.8 Å². The van der Waals surface area contributed by atoms with Gasteiger partial charge in [0.05, 0.1) is 6.54 Å². The maximum absolute atomic E-state index is 6.02. The average Bonchev–Trinajstić information content (AvgIpc) is 2.50. The van der Waals surface area contributed by atoms with Crippen LogP contribution in [0.15, 0.2) is 47.6 Å². The first kappa shape index (κ1) is 15.5. The van der Waals surface area contributed by atoms with E-state index in [-0.39, 0.29) is 5.41 Å². The molecule has 0 unspecified atom stereocenters.